The van der Waals surface area contributed by atoms with Crippen molar-refractivity contribution in [3.8, 4) is 0 Å². The van der Waals surface area contributed by atoms with Gasteiger partial charge in [0.15, 0.2) is 0 Å². The fourth-order valence-corrected chi connectivity index (χ4v) is 4.19. The first kappa shape index (κ1) is 18.4. The van der Waals surface area contributed by atoms with E-state index < -0.39 is 5.41 Å². The molecule has 0 spiro atoms. The summed E-state index contributed by atoms with van der Waals surface area (Å²) in [5, 5.41) is 3.28. The number of thiocarbonyl (C=S) groups is 1. The second-order valence-corrected chi connectivity index (χ2v) is 7.07. The zero-order chi connectivity index (χ0) is 16.0. The van der Waals surface area contributed by atoms with Gasteiger partial charge >= 0.3 is 0 Å². The Morgan fingerprint density at radius 1 is 1.24 bits per heavy atom. The first-order chi connectivity index (χ1) is 9.92. The molecular formula is C17H32N2OS. The summed E-state index contributed by atoms with van der Waals surface area (Å²) in [5.74, 6) is 1.34. The number of amides is 1. The smallest absolute Gasteiger partial charge is 0.233 e. The molecule has 0 aromatic rings. The summed E-state index contributed by atoms with van der Waals surface area (Å²) in [4.78, 5) is 13.3. The van der Waals surface area contributed by atoms with Crippen LogP contribution in [0.15, 0.2) is 0 Å². The molecule has 3 N–H and O–H groups in total. The van der Waals surface area contributed by atoms with Crippen LogP contribution in [0.2, 0.25) is 0 Å². The Bertz CT molecular complexity index is 364. The van der Waals surface area contributed by atoms with E-state index in [0.29, 0.717) is 10.9 Å². The Balaban J connectivity index is 2.84. The van der Waals surface area contributed by atoms with Crippen LogP contribution in [0.25, 0.3) is 0 Å². The SMILES string of the molecule is CCCC(CCC)(C(=O)NC1CCC(CC)C1C)C(N)=S. The second-order valence-electron chi connectivity index (χ2n) is 6.63. The molecule has 1 rings (SSSR count). The lowest BCUT2D eigenvalue weighted by molar-refractivity contribution is -0.129. The van der Waals surface area contributed by atoms with Gasteiger partial charge in [0, 0.05) is 6.04 Å². The first-order valence-electron chi connectivity index (χ1n) is 8.53. The number of nitrogens with two attached hydrogens (primary N) is 1. The number of nitrogens with one attached hydrogen (secondary N) is 1. The fourth-order valence-electron chi connectivity index (χ4n) is 3.90. The van der Waals surface area contributed by atoms with Crippen LogP contribution in [0.4, 0.5) is 0 Å². The summed E-state index contributed by atoms with van der Waals surface area (Å²) >= 11 is 5.27. The molecule has 3 nitrogen and oxygen atoms in total. The van der Waals surface area contributed by atoms with Crippen molar-refractivity contribution in [2.45, 2.75) is 78.7 Å². The molecular weight excluding hydrogens is 280 g/mol. The summed E-state index contributed by atoms with van der Waals surface area (Å²) in [5.41, 5.74) is 5.33. The molecule has 1 aliphatic rings. The molecule has 1 amide bonds. The highest BCUT2D eigenvalue weighted by molar-refractivity contribution is 7.80. The van der Waals surface area contributed by atoms with Crippen molar-refractivity contribution >= 4 is 23.1 Å². The first-order valence-corrected chi connectivity index (χ1v) is 8.94. The number of hydrogen-bond acceptors (Lipinski definition) is 2. The topological polar surface area (TPSA) is 55.1 Å². The van der Waals surface area contributed by atoms with Crippen LogP contribution in [0.5, 0.6) is 0 Å². The Morgan fingerprint density at radius 2 is 1.81 bits per heavy atom. The zero-order valence-electron chi connectivity index (χ0n) is 14.1. The standard InChI is InChI=1S/C17H32N2OS/c1-5-10-17(11-6-2,15(18)21)16(20)19-14-9-8-13(7-3)12(14)4/h12-14H,5-11H2,1-4H3,(H2,18,21)(H,19,20). The van der Waals surface area contributed by atoms with Gasteiger partial charge in [0.05, 0.1) is 10.4 Å². The normalized spacial score (nSPS) is 25.8. The van der Waals surface area contributed by atoms with Gasteiger partial charge in [-0.1, -0.05) is 59.2 Å². The molecule has 21 heavy (non-hydrogen) atoms. The molecule has 0 aromatic heterocycles. The van der Waals surface area contributed by atoms with Crippen molar-refractivity contribution in [3.05, 3.63) is 0 Å². The van der Waals surface area contributed by atoms with Crippen LogP contribution in [-0.2, 0) is 4.79 Å². The minimum Gasteiger partial charge on any atom is -0.392 e. The maximum atomic E-state index is 12.9. The Kier molecular flexibility index (Phi) is 7.11. The van der Waals surface area contributed by atoms with Crippen molar-refractivity contribution in [3.63, 3.8) is 0 Å². The third-order valence-electron chi connectivity index (χ3n) is 5.33. The van der Waals surface area contributed by atoms with E-state index in [2.05, 4.69) is 33.0 Å². The highest BCUT2D eigenvalue weighted by Gasteiger charge is 2.42. The van der Waals surface area contributed by atoms with Gasteiger partial charge in [0.25, 0.3) is 0 Å². The lowest BCUT2D eigenvalue weighted by atomic mass is 9.77. The van der Waals surface area contributed by atoms with Gasteiger partial charge < -0.3 is 11.1 Å². The van der Waals surface area contributed by atoms with Gasteiger partial charge in [-0.25, -0.2) is 0 Å². The Hall–Kier alpha value is -0.640. The van der Waals surface area contributed by atoms with Crippen molar-refractivity contribution in [2.24, 2.45) is 23.0 Å². The van der Waals surface area contributed by atoms with E-state index in [1.807, 2.05) is 0 Å². The molecule has 1 saturated carbocycles. The summed E-state index contributed by atoms with van der Waals surface area (Å²) < 4.78 is 0. The Morgan fingerprint density at radius 3 is 2.19 bits per heavy atom. The predicted octanol–water partition coefficient (Wildman–Crippen LogP) is 3.80. The van der Waals surface area contributed by atoms with Gasteiger partial charge in [0.2, 0.25) is 5.91 Å². The van der Waals surface area contributed by atoms with Crippen LogP contribution in [0, 0.1) is 17.3 Å². The van der Waals surface area contributed by atoms with Crippen LogP contribution < -0.4 is 11.1 Å². The maximum Gasteiger partial charge on any atom is 0.233 e. The van der Waals surface area contributed by atoms with Crippen LogP contribution in [0.3, 0.4) is 0 Å². The zero-order valence-corrected chi connectivity index (χ0v) is 14.9. The fraction of sp³-hybridized carbons (Fsp3) is 0.882. The van der Waals surface area contributed by atoms with Crippen molar-refractivity contribution in [1.82, 2.24) is 5.32 Å². The lowest BCUT2D eigenvalue weighted by Gasteiger charge is -2.33. The van der Waals surface area contributed by atoms with E-state index >= 15 is 0 Å². The van der Waals surface area contributed by atoms with E-state index in [-0.39, 0.29) is 11.9 Å². The van der Waals surface area contributed by atoms with E-state index in [0.717, 1.165) is 38.0 Å². The van der Waals surface area contributed by atoms with Crippen molar-refractivity contribution in [2.75, 3.05) is 0 Å². The molecule has 3 unspecified atom stereocenters. The van der Waals surface area contributed by atoms with Gasteiger partial charge in [-0.3, -0.25) is 4.79 Å². The van der Waals surface area contributed by atoms with E-state index in [1.54, 1.807) is 0 Å². The average Bonchev–Trinajstić information content (AvgIpc) is 2.78. The molecule has 3 atom stereocenters. The highest BCUT2D eigenvalue weighted by atomic mass is 32.1. The molecule has 1 aliphatic carbocycles. The second kappa shape index (κ2) is 8.11. The molecule has 0 heterocycles. The molecule has 0 radical (unpaired) electrons. The van der Waals surface area contributed by atoms with E-state index in [1.165, 1.54) is 12.8 Å². The highest BCUT2D eigenvalue weighted by Crippen LogP contribution is 2.36. The largest absolute Gasteiger partial charge is 0.392 e. The van der Waals surface area contributed by atoms with E-state index in [4.69, 9.17) is 18.0 Å². The summed E-state index contributed by atoms with van der Waals surface area (Å²) in [6.45, 7) is 8.66. The van der Waals surface area contributed by atoms with Crippen LogP contribution >= 0.6 is 12.2 Å². The van der Waals surface area contributed by atoms with Crippen molar-refractivity contribution in [1.29, 1.82) is 0 Å². The molecule has 1 fully saturated rings. The summed E-state index contributed by atoms with van der Waals surface area (Å²) in [7, 11) is 0. The number of carbonyl (C=O) groups is 1. The molecule has 0 aromatic carbocycles. The number of rotatable bonds is 8. The summed E-state index contributed by atoms with van der Waals surface area (Å²) in [6.07, 6.45) is 6.82. The van der Waals surface area contributed by atoms with Crippen LogP contribution in [-0.4, -0.2) is 16.9 Å². The molecule has 0 aliphatic heterocycles. The predicted molar refractivity (Wildman–Crippen MR) is 93.1 cm³/mol. The quantitative estimate of drug-likeness (QED) is 0.670. The molecule has 4 heteroatoms. The minimum absolute atomic E-state index is 0.0623. The van der Waals surface area contributed by atoms with Gasteiger partial charge in [-0.2, -0.15) is 0 Å². The monoisotopic (exact) mass is 312 g/mol. The molecule has 0 bridgehead atoms. The summed E-state index contributed by atoms with van der Waals surface area (Å²) in [6, 6.07) is 0.282. The van der Waals surface area contributed by atoms with Crippen LogP contribution in [0.1, 0.15) is 72.6 Å². The minimum atomic E-state index is -0.650. The number of hydrogen-bond donors (Lipinski definition) is 2. The third kappa shape index (κ3) is 3.97. The average molecular weight is 313 g/mol. The lowest BCUT2D eigenvalue weighted by Crippen LogP contribution is -2.52. The molecule has 0 saturated heterocycles. The van der Waals surface area contributed by atoms with Gasteiger partial charge in [0.1, 0.15) is 0 Å². The maximum absolute atomic E-state index is 12.9. The van der Waals surface area contributed by atoms with E-state index in [9.17, 15) is 4.79 Å². The van der Waals surface area contributed by atoms with Gasteiger partial charge in [-0.05, 0) is 37.5 Å². The van der Waals surface area contributed by atoms with Crippen molar-refractivity contribution < 1.29 is 4.79 Å². The number of carbonyl (C=O) groups excluding carboxylic acids is 1. The molecule has 122 valence electrons. The Labute approximate surface area is 135 Å². The third-order valence-corrected chi connectivity index (χ3v) is 5.72. The van der Waals surface area contributed by atoms with Gasteiger partial charge in [-0.15, -0.1) is 0 Å².